The largest absolute Gasteiger partial charge is 0.371 e. The molecule has 0 N–H and O–H groups in total. The first-order chi connectivity index (χ1) is 7.03. The van der Waals surface area contributed by atoms with E-state index in [1.165, 1.54) is 19.3 Å². The molecule has 15 heavy (non-hydrogen) atoms. The summed E-state index contributed by atoms with van der Waals surface area (Å²) in [5.74, 6) is 1.12. The van der Waals surface area contributed by atoms with Gasteiger partial charge in [0, 0.05) is 13.0 Å². The second kappa shape index (κ2) is 5.11. The van der Waals surface area contributed by atoms with Crippen LogP contribution < -0.4 is 0 Å². The van der Waals surface area contributed by atoms with Crippen molar-refractivity contribution >= 4 is 5.78 Å². The maximum absolute atomic E-state index is 12.3. The predicted molar refractivity (Wildman–Crippen MR) is 61.8 cm³/mol. The molecule has 0 aromatic rings. The maximum atomic E-state index is 12.3. The smallest absolute Gasteiger partial charge is 0.167 e. The van der Waals surface area contributed by atoms with Crippen molar-refractivity contribution in [1.29, 1.82) is 0 Å². The average Bonchev–Trinajstić information content (AvgIpc) is 2.28. The number of Topliss-reactive ketones (excluding diaryl/α,β-unsaturated/α-hetero) is 1. The maximum Gasteiger partial charge on any atom is 0.167 e. The highest BCUT2D eigenvalue weighted by molar-refractivity contribution is 5.89. The van der Waals surface area contributed by atoms with Crippen LogP contribution in [0.25, 0.3) is 0 Å². The Balaban J connectivity index is 2.72. The van der Waals surface area contributed by atoms with Crippen LogP contribution in [0.3, 0.4) is 0 Å². The van der Waals surface area contributed by atoms with Crippen molar-refractivity contribution < 1.29 is 9.53 Å². The monoisotopic (exact) mass is 212 g/mol. The van der Waals surface area contributed by atoms with Gasteiger partial charge >= 0.3 is 0 Å². The summed E-state index contributed by atoms with van der Waals surface area (Å²) < 4.78 is 5.30. The van der Waals surface area contributed by atoms with Crippen LogP contribution in [0.15, 0.2) is 0 Å². The summed E-state index contributed by atoms with van der Waals surface area (Å²) in [5, 5.41) is 0. The molecular formula is C13H24O2. The lowest BCUT2D eigenvalue weighted by molar-refractivity contribution is -0.144. The van der Waals surface area contributed by atoms with Crippen LogP contribution in [0.5, 0.6) is 0 Å². The molecule has 2 heteroatoms. The zero-order chi connectivity index (χ0) is 11.5. The molecule has 1 saturated carbocycles. The van der Waals surface area contributed by atoms with Crippen molar-refractivity contribution in [2.75, 3.05) is 7.11 Å². The number of carbonyl (C=O) groups excluding carboxylic acids is 1. The fourth-order valence-corrected chi connectivity index (χ4v) is 2.59. The third-order valence-corrected chi connectivity index (χ3v) is 3.87. The highest BCUT2D eigenvalue weighted by Crippen LogP contribution is 2.35. The van der Waals surface area contributed by atoms with Gasteiger partial charge in [0.25, 0.3) is 0 Å². The lowest BCUT2D eigenvalue weighted by Gasteiger charge is -2.34. The minimum atomic E-state index is -0.602. The Bertz CT molecular complexity index is 221. The van der Waals surface area contributed by atoms with E-state index >= 15 is 0 Å². The predicted octanol–water partition coefficient (Wildman–Crippen LogP) is 3.20. The standard InChI is InChI=1S/C13H24O2/c1-5-10-8-6-7-9-11(10)12(14)13(2,3)15-4/h10-11H,5-9H2,1-4H3. The van der Waals surface area contributed by atoms with Crippen molar-refractivity contribution in [3.8, 4) is 0 Å². The van der Waals surface area contributed by atoms with Gasteiger partial charge in [-0.3, -0.25) is 4.79 Å². The summed E-state index contributed by atoms with van der Waals surface area (Å²) in [5.41, 5.74) is -0.602. The molecule has 1 fully saturated rings. The Morgan fingerprint density at radius 2 is 1.93 bits per heavy atom. The van der Waals surface area contributed by atoms with Crippen LogP contribution in [-0.2, 0) is 9.53 Å². The van der Waals surface area contributed by atoms with Crippen molar-refractivity contribution in [3.05, 3.63) is 0 Å². The fraction of sp³-hybridized carbons (Fsp3) is 0.923. The van der Waals surface area contributed by atoms with E-state index < -0.39 is 5.60 Å². The van der Waals surface area contributed by atoms with Gasteiger partial charge in [-0.1, -0.05) is 26.2 Å². The highest BCUT2D eigenvalue weighted by atomic mass is 16.5. The summed E-state index contributed by atoms with van der Waals surface area (Å²) in [6.07, 6.45) is 5.88. The van der Waals surface area contributed by atoms with Gasteiger partial charge < -0.3 is 4.74 Å². The molecule has 0 aromatic carbocycles. The fourth-order valence-electron chi connectivity index (χ4n) is 2.59. The third kappa shape index (κ3) is 2.81. The van der Waals surface area contributed by atoms with Gasteiger partial charge in [0.2, 0.25) is 0 Å². The van der Waals surface area contributed by atoms with Gasteiger partial charge in [-0.2, -0.15) is 0 Å². The highest BCUT2D eigenvalue weighted by Gasteiger charge is 2.38. The van der Waals surface area contributed by atoms with E-state index in [1.807, 2.05) is 13.8 Å². The van der Waals surface area contributed by atoms with Crippen LogP contribution in [0.2, 0.25) is 0 Å². The number of carbonyl (C=O) groups is 1. The molecule has 2 nitrogen and oxygen atoms in total. The Kier molecular flexibility index (Phi) is 4.32. The molecule has 0 heterocycles. The molecule has 0 spiro atoms. The lowest BCUT2D eigenvalue weighted by atomic mass is 9.72. The Morgan fingerprint density at radius 1 is 1.33 bits per heavy atom. The van der Waals surface area contributed by atoms with E-state index in [2.05, 4.69) is 6.92 Å². The number of rotatable bonds is 4. The van der Waals surface area contributed by atoms with Crippen LogP contribution in [0, 0.1) is 11.8 Å². The Morgan fingerprint density at radius 3 is 2.47 bits per heavy atom. The zero-order valence-corrected chi connectivity index (χ0v) is 10.5. The summed E-state index contributed by atoms with van der Waals surface area (Å²) in [7, 11) is 1.63. The van der Waals surface area contributed by atoms with E-state index in [1.54, 1.807) is 7.11 Å². The Labute approximate surface area is 93.4 Å². The normalized spacial score (nSPS) is 27.7. The van der Waals surface area contributed by atoms with E-state index in [9.17, 15) is 4.79 Å². The molecule has 0 aromatic heterocycles. The van der Waals surface area contributed by atoms with E-state index in [0.29, 0.717) is 11.7 Å². The average molecular weight is 212 g/mol. The third-order valence-electron chi connectivity index (χ3n) is 3.87. The van der Waals surface area contributed by atoms with Crippen LogP contribution >= 0.6 is 0 Å². The van der Waals surface area contributed by atoms with E-state index in [0.717, 1.165) is 12.8 Å². The van der Waals surface area contributed by atoms with Gasteiger partial charge in [-0.25, -0.2) is 0 Å². The molecular weight excluding hydrogens is 188 g/mol. The number of methoxy groups -OCH3 is 1. The molecule has 1 aliphatic carbocycles. The summed E-state index contributed by atoms with van der Waals surface area (Å²) in [4.78, 5) is 12.3. The number of hydrogen-bond donors (Lipinski definition) is 0. The summed E-state index contributed by atoms with van der Waals surface area (Å²) in [6.45, 7) is 5.96. The van der Waals surface area contributed by atoms with Gasteiger partial charge in [0.1, 0.15) is 5.60 Å². The second-order valence-corrected chi connectivity index (χ2v) is 5.14. The topological polar surface area (TPSA) is 26.3 Å². The summed E-state index contributed by atoms with van der Waals surface area (Å²) in [6, 6.07) is 0. The number of hydrogen-bond acceptors (Lipinski definition) is 2. The quantitative estimate of drug-likeness (QED) is 0.715. The van der Waals surface area contributed by atoms with Crippen LogP contribution in [0.1, 0.15) is 52.9 Å². The first-order valence-electron chi connectivity index (χ1n) is 6.12. The van der Waals surface area contributed by atoms with Gasteiger partial charge in [0.15, 0.2) is 5.78 Å². The van der Waals surface area contributed by atoms with Gasteiger partial charge in [-0.15, -0.1) is 0 Å². The molecule has 2 atom stereocenters. The van der Waals surface area contributed by atoms with Crippen molar-refractivity contribution in [2.24, 2.45) is 11.8 Å². The SMILES string of the molecule is CCC1CCCCC1C(=O)C(C)(C)OC. The first kappa shape index (κ1) is 12.7. The minimum absolute atomic E-state index is 0.235. The number of ether oxygens (including phenoxy) is 1. The Hall–Kier alpha value is -0.370. The summed E-state index contributed by atoms with van der Waals surface area (Å²) >= 11 is 0. The van der Waals surface area contributed by atoms with Gasteiger partial charge in [0.05, 0.1) is 0 Å². The molecule has 1 aliphatic rings. The van der Waals surface area contributed by atoms with Crippen LogP contribution in [-0.4, -0.2) is 18.5 Å². The molecule has 1 rings (SSSR count). The van der Waals surface area contributed by atoms with Crippen LogP contribution in [0.4, 0.5) is 0 Å². The van der Waals surface area contributed by atoms with Gasteiger partial charge in [-0.05, 0) is 32.6 Å². The van der Waals surface area contributed by atoms with E-state index in [4.69, 9.17) is 4.74 Å². The minimum Gasteiger partial charge on any atom is -0.371 e. The molecule has 0 amide bonds. The van der Waals surface area contributed by atoms with Crippen molar-refractivity contribution in [3.63, 3.8) is 0 Å². The lowest BCUT2D eigenvalue weighted by Crippen LogP contribution is -2.42. The molecule has 0 radical (unpaired) electrons. The number of ketones is 1. The first-order valence-corrected chi connectivity index (χ1v) is 6.12. The molecule has 0 saturated heterocycles. The molecule has 0 bridgehead atoms. The van der Waals surface area contributed by atoms with Crippen molar-refractivity contribution in [2.45, 2.75) is 58.5 Å². The molecule has 0 aliphatic heterocycles. The van der Waals surface area contributed by atoms with Crippen molar-refractivity contribution in [1.82, 2.24) is 0 Å². The van der Waals surface area contributed by atoms with E-state index in [-0.39, 0.29) is 5.92 Å². The zero-order valence-electron chi connectivity index (χ0n) is 10.5. The molecule has 88 valence electrons. The second-order valence-electron chi connectivity index (χ2n) is 5.14. The molecule has 2 unspecified atom stereocenters.